The number of nitrogens with zero attached hydrogens (tertiary/aromatic N) is 1. The summed E-state index contributed by atoms with van der Waals surface area (Å²) in [7, 11) is 0. The Morgan fingerprint density at radius 2 is 2.17 bits per heavy atom. The van der Waals surface area contributed by atoms with Crippen molar-refractivity contribution in [1.29, 1.82) is 0 Å². The zero-order chi connectivity index (χ0) is 12.5. The number of ketones is 1. The van der Waals surface area contributed by atoms with Gasteiger partial charge in [-0.15, -0.1) is 22.7 Å². The molecular weight excluding hydrogens is 262 g/mol. The maximum absolute atomic E-state index is 12.2. The number of benzene rings is 1. The molecule has 3 rings (SSSR count). The largest absolute Gasteiger partial charge is 0.293 e. The SMILES string of the molecule is Cc1csc(CC(=O)c2cc3ccccc3s2)n1. The first-order valence-electron chi connectivity index (χ1n) is 5.65. The van der Waals surface area contributed by atoms with Gasteiger partial charge in [0, 0.05) is 15.8 Å². The van der Waals surface area contributed by atoms with Crippen LogP contribution in [0.3, 0.4) is 0 Å². The van der Waals surface area contributed by atoms with Crippen molar-refractivity contribution >= 4 is 38.5 Å². The number of rotatable bonds is 3. The van der Waals surface area contributed by atoms with Crippen molar-refractivity contribution in [2.24, 2.45) is 0 Å². The Morgan fingerprint density at radius 3 is 2.89 bits per heavy atom. The van der Waals surface area contributed by atoms with Crippen LogP contribution in [0.1, 0.15) is 20.4 Å². The zero-order valence-corrected chi connectivity index (χ0v) is 11.5. The predicted molar refractivity (Wildman–Crippen MR) is 76.7 cm³/mol. The first-order valence-corrected chi connectivity index (χ1v) is 7.35. The number of hydrogen-bond donors (Lipinski definition) is 0. The third-order valence-corrected chi connectivity index (χ3v) is 4.80. The highest BCUT2D eigenvalue weighted by Gasteiger charge is 2.12. The number of hydrogen-bond acceptors (Lipinski definition) is 4. The second-order valence-corrected chi connectivity index (χ2v) is 6.16. The smallest absolute Gasteiger partial charge is 0.179 e. The molecule has 0 radical (unpaired) electrons. The van der Waals surface area contributed by atoms with Gasteiger partial charge in [-0.3, -0.25) is 4.79 Å². The van der Waals surface area contributed by atoms with Gasteiger partial charge in [-0.05, 0) is 24.4 Å². The summed E-state index contributed by atoms with van der Waals surface area (Å²) in [4.78, 5) is 17.3. The Morgan fingerprint density at radius 1 is 1.33 bits per heavy atom. The Balaban J connectivity index is 1.87. The van der Waals surface area contributed by atoms with E-state index in [2.05, 4.69) is 4.98 Å². The van der Waals surface area contributed by atoms with Crippen LogP contribution in [0.2, 0.25) is 0 Å². The van der Waals surface area contributed by atoms with Crippen molar-refractivity contribution in [3.63, 3.8) is 0 Å². The van der Waals surface area contributed by atoms with Gasteiger partial charge >= 0.3 is 0 Å². The summed E-state index contributed by atoms with van der Waals surface area (Å²) in [6.45, 7) is 1.95. The highest BCUT2D eigenvalue weighted by atomic mass is 32.1. The molecule has 18 heavy (non-hydrogen) atoms. The van der Waals surface area contributed by atoms with Crippen LogP contribution >= 0.6 is 22.7 Å². The first-order chi connectivity index (χ1) is 8.72. The van der Waals surface area contributed by atoms with E-state index in [0.29, 0.717) is 6.42 Å². The van der Waals surface area contributed by atoms with Gasteiger partial charge in [0.1, 0.15) is 5.01 Å². The molecule has 0 saturated heterocycles. The van der Waals surface area contributed by atoms with E-state index < -0.39 is 0 Å². The third kappa shape index (κ3) is 2.21. The summed E-state index contributed by atoms with van der Waals surface area (Å²) in [5.41, 5.74) is 0.985. The van der Waals surface area contributed by atoms with E-state index in [1.165, 1.54) is 0 Å². The number of aryl methyl sites for hydroxylation is 1. The maximum atomic E-state index is 12.2. The molecule has 0 aliphatic rings. The van der Waals surface area contributed by atoms with Crippen LogP contribution in [0.15, 0.2) is 35.7 Å². The monoisotopic (exact) mass is 273 g/mol. The fourth-order valence-electron chi connectivity index (χ4n) is 1.83. The molecule has 0 N–H and O–H groups in total. The molecule has 0 unspecified atom stereocenters. The van der Waals surface area contributed by atoms with E-state index in [9.17, 15) is 4.79 Å². The maximum Gasteiger partial charge on any atom is 0.179 e. The molecular formula is C14H11NOS2. The molecule has 2 aromatic heterocycles. The van der Waals surface area contributed by atoms with Crippen LogP contribution in [0.5, 0.6) is 0 Å². The average Bonchev–Trinajstić information content (AvgIpc) is 2.95. The van der Waals surface area contributed by atoms with E-state index in [0.717, 1.165) is 25.7 Å². The lowest BCUT2D eigenvalue weighted by Crippen LogP contribution is -2.00. The fourth-order valence-corrected chi connectivity index (χ4v) is 3.60. The summed E-state index contributed by atoms with van der Waals surface area (Å²) in [5.74, 6) is 0.158. The van der Waals surface area contributed by atoms with Gasteiger partial charge in [0.15, 0.2) is 5.78 Å². The average molecular weight is 273 g/mol. The lowest BCUT2D eigenvalue weighted by molar-refractivity contribution is 0.0997. The van der Waals surface area contributed by atoms with Crippen molar-refractivity contribution in [3.05, 3.63) is 51.3 Å². The molecule has 0 aliphatic carbocycles. The Labute approximate surface area is 113 Å². The van der Waals surface area contributed by atoms with Gasteiger partial charge in [-0.25, -0.2) is 4.98 Å². The van der Waals surface area contributed by atoms with Crippen LogP contribution in [-0.2, 0) is 6.42 Å². The molecule has 0 atom stereocenters. The van der Waals surface area contributed by atoms with Gasteiger partial charge in [0.2, 0.25) is 0 Å². The van der Waals surface area contributed by atoms with Crippen molar-refractivity contribution < 1.29 is 4.79 Å². The number of fused-ring (bicyclic) bond motifs is 1. The Bertz CT molecular complexity index is 678. The van der Waals surface area contributed by atoms with Crippen LogP contribution in [0.25, 0.3) is 10.1 Å². The summed E-state index contributed by atoms with van der Waals surface area (Å²) >= 11 is 3.11. The number of thiazole rings is 1. The van der Waals surface area contributed by atoms with E-state index in [4.69, 9.17) is 0 Å². The second-order valence-electron chi connectivity index (χ2n) is 4.13. The lowest BCUT2D eigenvalue weighted by atomic mass is 10.2. The Hall–Kier alpha value is -1.52. The topological polar surface area (TPSA) is 30.0 Å². The van der Waals surface area contributed by atoms with E-state index in [1.807, 2.05) is 42.6 Å². The Kier molecular flexibility index (Phi) is 2.97. The van der Waals surface area contributed by atoms with Crippen molar-refractivity contribution in [3.8, 4) is 0 Å². The van der Waals surface area contributed by atoms with E-state index in [1.54, 1.807) is 22.7 Å². The summed E-state index contributed by atoms with van der Waals surface area (Å²) < 4.78 is 1.16. The van der Waals surface area contributed by atoms with Gasteiger partial charge < -0.3 is 0 Å². The second kappa shape index (κ2) is 4.63. The minimum atomic E-state index is 0.158. The molecule has 2 heterocycles. The van der Waals surface area contributed by atoms with Crippen molar-refractivity contribution in [1.82, 2.24) is 4.98 Å². The van der Waals surface area contributed by atoms with Crippen LogP contribution in [0, 0.1) is 6.92 Å². The number of Topliss-reactive ketones (excluding diaryl/α,β-unsaturated/α-hetero) is 1. The fraction of sp³-hybridized carbons (Fsp3) is 0.143. The summed E-state index contributed by atoms with van der Waals surface area (Å²) in [6, 6.07) is 10.0. The van der Waals surface area contributed by atoms with Gasteiger partial charge in [-0.1, -0.05) is 18.2 Å². The van der Waals surface area contributed by atoms with Crippen LogP contribution < -0.4 is 0 Å². The number of thiophene rings is 1. The minimum Gasteiger partial charge on any atom is -0.293 e. The van der Waals surface area contributed by atoms with Crippen molar-refractivity contribution in [2.75, 3.05) is 0 Å². The molecule has 0 aliphatic heterocycles. The molecule has 0 saturated carbocycles. The minimum absolute atomic E-state index is 0.158. The predicted octanol–water partition coefficient (Wildman–Crippen LogP) is 4.09. The third-order valence-electron chi connectivity index (χ3n) is 2.68. The van der Waals surface area contributed by atoms with Crippen LogP contribution in [0.4, 0.5) is 0 Å². The van der Waals surface area contributed by atoms with Gasteiger partial charge in [0.05, 0.1) is 11.3 Å². The molecule has 0 amide bonds. The summed E-state index contributed by atoms with van der Waals surface area (Å²) in [5, 5.41) is 4.02. The number of carbonyl (C=O) groups excluding carboxylic acids is 1. The molecule has 0 bridgehead atoms. The molecule has 2 nitrogen and oxygen atoms in total. The molecule has 1 aromatic carbocycles. The molecule has 4 heteroatoms. The number of aromatic nitrogens is 1. The molecule has 0 spiro atoms. The molecule has 3 aromatic rings. The number of carbonyl (C=O) groups is 1. The highest BCUT2D eigenvalue weighted by Crippen LogP contribution is 2.26. The first kappa shape index (κ1) is 11.6. The zero-order valence-electron chi connectivity index (χ0n) is 9.84. The van der Waals surface area contributed by atoms with Crippen LogP contribution in [-0.4, -0.2) is 10.8 Å². The van der Waals surface area contributed by atoms with Gasteiger partial charge in [0.25, 0.3) is 0 Å². The van der Waals surface area contributed by atoms with Gasteiger partial charge in [-0.2, -0.15) is 0 Å². The highest BCUT2D eigenvalue weighted by molar-refractivity contribution is 7.20. The van der Waals surface area contributed by atoms with Crippen molar-refractivity contribution in [2.45, 2.75) is 13.3 Å². The molecule has 90 valence electrons. The lowest BCUT2D eigenvalue weighted by Gasteiger charge is -1.92. The summed E-state index contributed by atoms with van der Waals surface area (Å²) in [6.07, 6.45) is 0.408. The quantitative estimate of drug-likeness (QED) is 0.673. The standard InChI is InChI=1S/C14H11NOS2/c1-9-8-17-14(15-9)7-11(16)13-6-10-4-2-3-5-12(10)18-13/h2-6,8H,7H2,1H3. The van der Waals surface area contributed by atoms with E-state index in [-0.39, 0.29) is 5.78 Å². The van der Waals surface area contributed by atoms with E-state index >= 15 is 0 Å². The normalized spacial score (nSPS) is 10.9. The molecule has 0 fully saturated rings.